The minimum Gasteiger partial charge on any atom is -0.494 e. The lowest BCUT2D eigenvalue weighted by Gasteiger charge is -2.43. The van der Waals surface area contributed by atoms with Gasteiger partial charge in [-0.2, -0.15) is 0 Å². The molecule has 1 atom stereocenters. The third-order valence-corrected chi connectivity index (χ3v) is 3.84. The minimum absolute atomic E-state index is 0.00269. The summed E-state index contributed by atoms with van der Waals surface area (Å²) in [6.45, 7) is 8.58. The summed E-state index contributed by atoms with van der Waals surface area (Å²) in [6, 6.07) is 9.99. The normalized spacial score (nSPS) is 21.1. The van der Waals surface area contributed by atoms with Gasteiger partial charge in [-0.15, -0.1) is 0 Å². The summed E-state index contributed by atoms with van der Waals surface area (Å²) in [5.74, 6) is 1.09. The molecule has 0 spiro atoms. The number of para-hydroxylation sites is 1. The monoisotopic (exact) mass is 290 g/mol. The van der Waals surface area contributed by atoms with Crippen LogP contribution in [0.1, 0.15) is 33.6 Å². The molecule has 1 fully saturated rings. The van der Waals surface area contributed by atoms with Crippen molar-refractivity contribution in [1.82, 2.24) is 10.2 Å². The number of rotatable bonds is 5. The predicted molar refractivity (Wildman–Crippen MR) is 84.4 cm³/mol. The number of nitrogens with one attached hydrogen (secondary N) is 1. The van der Waals surface area contributed by atoms with Crippen LogP contribution in [0.2, 0.25) is 0 Å². The number of carbonyl (C=O) groups is 1. The van der Waals surface area contributed by atoms with Crippen LogP contribution in [-0.2, 0) is 4.79 Å². The Morgan fingerprint density at radius 2 is 2.10 bits per heavy atom. The zero-order chi connectivity index (χ0) is 15.3. The molecule has 4 nitrogen and oxygen atoms in total. The number of ether oxygens (including phenoxy) is 1. The van der Waals surface area contributed by atoms with Crippen LogP contribution in [0.25, 0.3) is 0 Å². The molecule has 2 rings (SSSR count). The first kappa shape index (κ1) is 15.8. The van der Waals surface area contributed by atoms with Gasteiger partial charge in [0.25, 0.3) is 0 Å². The van der Waals surface area contributed by atoms with Gasteiger partial charge < -0.3 is 15.0 Å². The molecule has 1 aliphatic heterocycles. The van der Waals surface area contributed by atoms with Crippen LogP contribution in [0.3, 0.4) is 0 Å². The summed E-state index contributed by atoms with van der Waals surface area (Å²) in [4.78, 5) is 14.3. The zero-order valence-electron chi connectivity index (χ0n) is 13.3. The standard InChI is InChI=1S/C17H26N2O2/c1-14-12-18-17(2,3)13-19(14)16(20)10-7-11-21-15-8-5-4-6-9-15/h4-6,8-9,14,18H,7,10-13H2,1-3H3. The van der Waals surface area contributed by atoms with Crippen LogP contribution in [0.5, 0.6) is 5.75 Å². The van der Waals surface area contributed by atoms with Gasteiger partial charge in [-0.1, -0.05) is 18.2 Å². The number of piperazine rings is 1. The fourth-order valence-electron chi connectivity index (χ4n) is 2.58. The van der Waals surface area contributed by atoms with Gasteiger partial charge in [0.2, 0.25) is 5.91 Å². The largest absolute Gasteiger partial charge is 0.494 e. The van der Waals surface area contributed by atoms with Crippen LogP contribution in [0.15, 0.2) is 30.3 Å². The molecular formula is C17H26N2O2. The van der Waals surface area contributed by atoms with Gasteiger partial charge in [-0.3, -0.25) is 4.79 Å². The molecular weight excluding hydrogens is 264 g/mol. The van der Waals surface area contributed by atoms with Gasteiger partial charge in [0.05, 0.1) is 6.61 Å². The number of hydrogen-bond acceptors (Lipinski definition) is 3. The van der Waals surface area contributed by atoms with Crippen molar-refractivity contribution in [3.05, 3.63) is 30.3 Å². The predicted octanol–water partition coefficient (Wildman–Crippen LogP) is 2.44. The third-order valence-electron chi connectivity index (χ3n) is 3.84. The second-order valence-corrected chi connectivity index (χ2v) is 6.40. The first-order valence-corrected chi connectivity index (χ1v) is 7.70. The summed E-state index contributed by atoms with van der Waals surface area (Å²) < 4.78 is 5.63. The van der Waals surface area contributed by atoms with Crippen molar-refractivity contribution in [3.63, 3.8) is 0 Å². The van der Waals surface area contributed by atoms with E-state index in [0.29, 0.717) is 13.0 Å². The van der Waals surface area contributed by atoms with Crippen molar-refractivity contribution in [2.24, 2.45) is 0 Å². The second kappa shape index (κ2) is 6.94. The Labute approximate surface area is 127 Å². The molecule has 0 aromatic heterocycles. The average molecular weight is 290 g/mol. The molecule has 1 aromatic carbocycles. The highest BCUT2D eigenvalue weighted by Gasteiger charge is 2.32. The van der Waals surface area contributed by atoms with E-state index in [2.05, 4.69) is 26.1 Å². The molecule has 1 N–H and O–H groups in total. The Hall–Kier alpha value is -1.55. The van der Waals surface area contributed by atoms with Crippen LogP contribution >= 0.6 is 0 Å². The number of carbonyl (C=O) groups excluding carboxylic acids is 1. The quantitative estimate of drug-likeness (QED) is 0.847. The van der Waals surface area contributed by atoms with E-state index in [1.807, 2.05) is 35.2 Å². The van der Waals surface area contributed by atoms with E-state index in [1.165, 1.54) is 0 Å². The van der Waals surface area contributed by atoms with Gasteiger partial charge in [0.1, 0.15) is 5.75 Å². The van der Waals surface area contributed by atoms with Crippen LogP contribution in [-0.4, -0.2) is 42.1 Å². The van der Waals surface area contributed by atoms with Crippen molar-refractivity contribution in [2.75, 3.05) is 19.7 Å². The van der Waals surface area contributed by atoms with E-state index in [4.69, 9.17) is 4.74 Å². The van der Waals surface area contributed by atoms with E-state index in [1.54, 1.807) is 0 Å². The minimum atomic E-state index is 0.00269. The molecule has 1 heterocycles. The summed E-state index contributed by atoms with van der Waals surface area (Å²) >= 11 is 0. The lowest BCUT2D eigenvalue weighted by molar-refractivity contribution is -0.136. The molecule has 1 aromatic rings. The van der Waals surface area contributed by atoms with Crippen molar-refractivity contribution < 1.29 is 9.53 Å². The molecule has 21 heavy (non-hydrogen) atoms. The number of hydrogen-bond donors (Lipinski definition) is 1. The molecule has 0 aliphatic carbocycles. The summed E-state index contributed by atoms with van der Waals surface area (Å²) in [5.41, 5.74) is 0.00269. The Kier molecular flexibility index (Phi) is 5.23. The smallest absolute Gasteiger partial charge is 0.223 e. The molecule has 0 radical (unpaired) electrons. The lowest BCUT2D eigenvalue weighted by Crippen LogP contribution is -2.62. The molecule has 1 unspecified atom stereocenters. The fraction of sp³-hybridized carbons (Fsp3) is 0.588. The van der Waals surface area contributed by atoms with E-state index in [0.717, 1.165) is 25.3 Å². The molecule has 1 saturated heterocycles. The molecule has 0 saturated carbocycles. The SMILES string of the molecule is CC1CNC(C)(C)CN1C(=O)CCCOc1ccccc1. The molecule has 0 bridgehead atoms. The molecule has 1 aliphatic rings. The fourth-order valence-corrected chi connectivity index (χ4v) is 2.58. The van der Waals surface area contributed by atoms with Gasteiger partial charge in [-0.25, -0.2) is 0 Å². The number of amides is 1. The Balaban J connectivity index is 1.74. The van der Waals surface area contributed by atoms with Gasteiger partial charge in [0, 0.05) is 31.1 Å². The van der Waals surface area contributed by atoms with Crippen molar-refractivity contribution >= 4 is 5.91 Å². The highest BCUT2D eigenvalue weighted by Crippen LogP contribution is 2.16. The van der Waals surface area contributed by atoms with Crippen molar-refractivity contribution in [1.29, 1.82) is 0 Å². The molecule has 1 amide bonds. The summed E-state index contributed by atoms with van der Waals surface area (Å²) in [7, 11) is 0. The van der Waals surface area contributed by atoms with E-state index in [-0.39, 0.29) is 17.5 Å². The van der Waals surface area contributed by atoms with Crippen LogP contribution < -0.4 is 10.1 Å². The summed E-state index contributed by atoms with van der Waals surface area (Å²) in [6.07, 6.45) is 1.30. The molecule has 116 valence electrons. The number of benzene rings is 1. The Morgan fingerprint density at radius 3 is 2.81 bits per heavy atom. The van der Waals surface area contributed by atoms with Crippen LogP contribution in [0, 0.1) is 0 Å². The Morgan fingerprint density at radius 1 is 1.38 bits per heavy atom. The van der Waals surface area contributed by atoms with Gasteiger partial charge in [-0.05, 0) is 39.3 Å². The van der Waals surface area contributed by atoms with Crippen molar-refractivity contribution in [3.8, 4) is 5.75 Å². The highest BCUT2D eigenvalue weighted by atomic mass is 16.5. The maximum Gasteiger partial charge on any atom is 0.223 e. The van der Waals surface area contributed by atoms with Crippen LogP contribution in [0.4, 0.5) is 0 Å². The Bertz CT molecular complexity index is 459. The second-order valence-electron chi connectivity index (χ2n) is 6.40. The molecule has 4 heteroatoms. The maximum atomic E-state index is 12.4. The number of nitrogens with zero attached hydrogens (tertiary/aromatic N) is 1. The third kappa shape index (κ3) is 4.74. The first-order valence-electron chi connectivity index (χ1n) is 7.70. The van der Waals surface area contributed by atoms with E-state index >= 15 is 0 Å². The van der Waals surface area contributed by atoms with Gasteiger partial charge in [0.15, 0.2) is 0 Å². The van der Waals surface area contributed by atoms with Crippen molar-refractivity contribution in [2.45, 2.75) is 45.2 Å². The lowest BCUT2D eigenvalue weighted by atomic mass is 9.99. The van der Waals surface area contributed by atoms with E-state index in [9.17, 15) is 4.79 Å². The maximum absolute atomic E-state index is 12.4. The summed E-state index contributed by atoms with van der Waals surface area (Å²) in [5, 5.41) is 3.46. The zero-order valence-corrected chi connectivity index (χ0v) is 13.3. The topological polar surface area (TPSA) is 41.6 Å². The first-order chi connectivity index (χ1) is 9.98. The average Bonchev–Trinajstić information content (AvgIpc) is 2.47. The van der Waals surface area contributed by atoms with E-state index < -0.39 is 0 Å². The highest BCUT2D eigenvalue weighted by molar-refractivity contribution is 5.76. The van der Waals surface area contributed by atoms with Gasteiger partial charge >= 0.3 is 0 Å².